The van der Waals surface area contributed by atoms with Gasteiger partial charge >= 0.3 is 5.97 Å². The Morgan fingerprint density at radius 2 is 1.85 bits per heavy atom. The van der Waals surface area contributed by atoms with Gasteiger partial charge in [0.1, 0.15) is 5.82 Å². The molecule has 0 unspecified atom stereocenters. The lowest BCUT2D eigenvalue weighted by molar-refractivity contribution is -0.139. The highest BCUT2D eigenvalue weighted by Gasteiger charge is 2.25. The zero-order valence-electron chi connectivity index (χ0n) is 19.4. The van der Waals surface area contributed by atoms with E-state index in [2.05, 4.69) is 15.5 Å². The first-order valence-corrected chi connectivity index (χ1v) is 12.8. The Morgan fingerprint density at radius 1 is 1.12 bits per heavy atom. The van der Waals surface area contributed by atoms with Gasteiger partial charge in [0.25, 0.3) is 0 Å². The third-order valence-electron chi connectivity index (χ3n) is 6.15. The molecule has 1 saturated heterocycles. The van der Waals surface area contributed by atoms with Crippen LogP contribution in [0.4, 0.5) is 4.39 Å². The molecule has 0 N–H and O–H groups in total. The number of thioether (sulfide) groups is 1. The summed E-state index contributed by atoms with van der Waals surface area (Å²) in [6.07, 6.45) is 3.22. The zero-order valence-corrected chi connectivity index (χ0v) is 20.2. The molecule has 1 fully saturated rings. The molecule has 8 heteroatoms. The molecule has 6 nitrogen and oxygen atoms in total. The predicted octanol–water partition coefficient (Wildman–Crippen LogP) is 5.13. The Kier molecular flexibility index (Phi) is 8.34. The molecular weight excluding hydrogens is 453 g/mol. The largest absolute Gasteiger partial charge is 0.465 e. The first-order chi connectivity index (χ1) is 16.5. The summed E-state index contributed by atoms with van der Waals surface area (Å²) in [6, 6.07) is 14.2. The van der Waals surface area contributed by atoms with Gasteiger partial charge in [-0.25, -0.2) is 9.37 Å². The molecule has 4 rings (SSSR count). The Hall–Kier alpha value is -2.71. The summed E-state index contributed by atoms with van der Waals surface area (Å²) in [5.74, 6) is -0.246. The van der Waals surface area contributed by atoms with Crippen molar-refractivity contribution in [2.45, 2.75) is 43.8 Å². The van der Waals surface area contributed by atoms with E-state index in [1.165, 1.54) is 23.9 Å². The monoisotopic (exact) mass is 483 g/mol. The lowest BCUT2D eigenvalue weighted by Crippen LogP contribution is -2.35. The lowest BCUT2D eigenvalue weighted by atomic mass is 10.0. The van der Waals surface area contributed by atoms with E-state index in [1.807, 2.05) is 25.1 Å². The Morgan fingerprint density at radius 3 is 2.59 bits per heavy atom. The number of rotatable bonds is 10. The van der Waals surface area contributed by atoms with E-state index >= 15 is 0 Å². The smallest absolute Gasteiger partial charge is 0.316 e. The highest BCUT2D eigenvalue weighted by Crippen LogP contribution is 2.33. The van der Waals surface area contributed by atoms with Crippen LogP contribution in [0.2, 0.25) is 0 Å². The number of carbonyl (C=O) groups excluding carboxylic acids is 2. The maximum absolute atomic E-state index is 13.1. The average molecular weight is 484 g/mol. The first kappa shape index (κ1) is 24.4. The van der Waals surface area contributed by atoms with Crippen molar-refractivity contribution in [1.29, 1.82) is 0 Å². The van der Waals surface area contributed by atoms with Crippen LogP contribution in [0.1, 0.15) is 49.0 Å². The number of benzene rings is 2. The second-order valence-corrected chi connectivity index (χ2v) is 9.40. The topological polar surface area (TPSA) is 64.4 Å². The number of ether oxygens (including phenoxy) is 1. The maximum Gasteiger partial charge on any atom is 0.316 e. The SMILES string of the molecule is CCOC(=O)CSc1nc2ccccc2n1C1CCN(CCCC(=O)c2ccc(F)cc2)CC1. The van der Waals surface area contributed by atoms with Crippen molar-refractivity contribution < 1.29 is 18.7 Å². The number of nitrogens with zero attached hydrogens (tertiary/aromatic N) is 3. The number of para-hydroxylation sites is 2. The molecule has 0 bridgehead atoms. The van der Waals surface area contributed by atoms with Gasteiger partial charge in [-0.3, -0.25) is 9.59 Å². The van der Waals surface area contributed by atoms with E-state index in [-0.39, 0.29) is 23.3 Å². The number of carbonyl (C=O) groups is 2. The number of ketones is 1. The standard InChI is InChI=1S/C26H30FN3O3S/c1-2-33-25(32)18-34-26-28-22-6-3-4-7-23(22)30(26)21-13-16-29(17-14-21)15-5-8-24(31)19-9-11-20(27)12-10-19/h3-4,6-7,9-12,21H,2,5,8,13-18H2,1H3. The molecule has 1 aromatic heterocycles. The van der Waals surface area contributed by atoms with Crippen LogP contribution in [0.5, 0.6) is 0 Å². The molecule has 3 aromatic rings. The third-order valence-corrected chi connectivity index (χ3v) is 7.08. The quantitative estimate of drug-likeness (QED) is 0.226. The second kappa shape index (κ2) is 11.6. The van der Waals surface area contributed by atoms with E-state index in [4.69, 9.17) is 9.72 Å². The minimum Gasteiger partial charge on any atom is -0.465 e. The molecule has 0 radical (unpaired) electrons. The summed E-state index contributed by atoms with van der Waals surface area (Å²) < 4.78 is 20.4. The molecule has 0 spiro atoms. The fourth-order valence-electron chi connectivity index (χ4n) is 4.45. The van der Waals surface area contributed by atoms with Gasteiger partial charge < -0.3 is 14.2 Å². The molecule has 34 heavy (non-hydrogen) atoms. The number of piperidine rings is 1. The van der Waals surface area contributed by atoms with E-state index in [1.54, 1.807) is 12.1 Å². The summed E-state index contributed by atoms with van der Waals surface area (Å²) in [6.45, 7) is 4.96. The zero-order chi connectivity index (χ0) is 23.9. The number of aromatic nitrogens is 2. The van der Waals surface area contributed by atoms with Crippen LogP contribution in [0.25, 0.3) is 11.0 Å². The van der Waals surface area contributed by atoms with Crippen molar-refractivity contribution in [2.75, 3.05) is 32.0 Å². The molecule has 0 atom stereocenters. The van der Waals surface area contributed by atoms with Gasteiger partial charge in [0.05, 0.1) is 23.4 Å². The van der Waals surface area contributed by atoms with E-state index in [0.29, 0.717) is 24.6 Å². The van der Waals surface area contributed by atoms with Crippen molar-refractivity contribution in [1.82, 2.24) is 14.5 Å². The predicted molar refractivity (Wildman–Crippen MR) is 132 cm³/mol. The van der Waals surface area contributed by atoms with Crippen LogP contribution in [0.15, 0.2) is 53.7 Å². The van der Waals surface area contributed by atoms with Crippen molar-refractivity contribution in [3.8, 4) is 0 Å². The normalized spacial score (nSPS) is 15.0. The molecule has 2 heterocycles. The molecule has 2 aromatic carbocycles. The molecular formula is C26H30FN3O3S. The highest BCUT2D eigenvalue weighted by atomic mass is 32.2. The minimum atomic E-state index is -0.326. The Bertz CT molecular complexity index is 1120. The van der Waals surface area contributed by atoms with Gasteiger partial charge in [-0.2, -0.15) is 0 Å². The second-order valence-electron chi connectivity index (χ2n) is 8.45. The maximum atomic E-state index is 13.1. The van der Waals surface area contributed by atoms with Crippen LogP contribution in [-0.2, 0) is 9.53 Å². The van der Waals surface area contributed by atoms with Crippen LogP contribution in [0.3, 0.4) is 0 Å². The number of halogens is 1. The van der Waals surface area contributed by atoms with Crippen LogP contribution in [0, 0.1) is 5.82 Å². The van der Waals surface area contributed by atoms with Gasteiger partial charge in [-0.05, 0) is 69.1 Å². The van der Waals surface area contributed by atoms with Gasteiger partial charge in [0.15, 0.2) is 10.9 Å². The van der Waals surface area contributed by atoms with Gasteiger partial charge in [0.2, 0.25) is 0 Å². The van der Waals surface area contributed by atoms with E-state index < -0.39 is 0 Å². The third kappa shape index (κ3) is 6.04. The number of fused-ring (bicyclic) bond motifs is 1. The molecule has 1 aliphatic rings. The van der Waals surface area contributed by atoms with E-state index in [0.717, 1.165) is 55.1 Å². The number of esters is 1. The lowest BCUT2D eigenvalue weighted by Gasteiger charge is -2.33. The fourth-order valence-corrected chi connectivity index (χ4v) is 5.33. The summed E-state index contributed by atoms with van der Waals surface area (Å²) in [4.78, 5) is 31.4. The molecule has 180 valence electrons. The average Bonchev–Trinajstić information content (AvgIpc) is 3.22. The van der Waals surface area contributed by atoms with Crippen LogP contribution >= 0.6 is 11.8 Å². The number of hydrogen-bond acceptors (Lipinski definition) is 6. The van der Waals surface area contributed by atoms with Crippen molar-refractivity contribution in [3.05, 3.63) is 59.9 Å². The van der Waals surface area contributed by atoms with E-state index in [9.17, 15) is 14.0 Å². The fraction of sp³-hybridized carbons (Fsp3) is 0.423. The highest BCUT2D eigenvalue weighted by molar-refractivity contribution is 7.99. The molecule has 0 amide bonds. The van der Waals surface area contributed by atoms with Gasteiger partial charge in [-0.15, -0.1) is 0 Å². The Balaban J connectivity index is 1.33. The molecule has 0 aliphatic carbocycles. The molecule has 0 saturated carbocycles. The van der Waals surface area contributed by atoms with Crippen molar-refractivity contribution in [3.63, 3.8) is 0 Å². The van der Waals surface area contributed by atoms with Gasteiger partial charge in [0, 0.05) is 31.1 Å². The first-order valence-electron chi connectivity index (χ1n) is 11.8. The van der Waals surface area contributed by atoms with Crippen molar-refractivity contribution >= 4 is 34.5 Å². The summed E-state index contributed by atoms with van der Waals surface area (Å²) >= 11 is 1.43. The number of imidazole rings is 1. The summed E-state index contributed by atoms with van der Waals surface area (Å²) in [7, 11) is 0. The summed E-state index contributed by atoms with van der Waals surface area (Å²) in [5, 5.41) is 0.859. The number of likely N-dealkylation sites (tertiary alicyclic amines) is 1. The van der Waals surface area contributed by atoms with Gasteiger partial charge in [-0.1, -0.05) is 23.9 Å². The number of hydrogen-bond donors (Lipinski definition) is 0. The van der Waals surface area contributed by atoms with Crippen molar-refractivity contribution in [2.24, 2.45) is 0 Å². The number of Topliss-reactive ketones (excluding diaryl/α,β-unsaturated/α-hetero) is 1. The summed E-state index contributed by atoms with van der Waals surface area (Å²) in [5.41, 5.74) is 2.60. The van der Waals surface area contributed by atoms with Crippen LogP contribution < -0.4 is 0 Å². The minimum absolute atomic E-state index is 0.0584. The Labute approximate surface area is 203 Å². The molecule has 1 aliphatic heterocycles. The van der Waals surface area contributed by atoms with Crippen LogP contribution in [-0.4, -0.2) is 58.2 Å².